The van der Waals surface area contributed by atoms with Crippen molar-refractivity contribution < 1.29 is 0 Å². The molecule has 2 N–H and O–H groups in total. The van der Waals surface area contributed by atoms with Crippen LogP contribution in [0.3, 0.4) is 0 Å². The summed E-state index contributed by atoms with van der Waals surface area (Å²) in [5.74, 6) is 0. The van der Waals surface area contributed by atoms with Crippen LogP contribution in [0.25, 0.3) is 0 Å². The Kier molecular flexibility index (Phi) is 3.36. The molecule has 0 saturated carbocycles. The molecule has 0 aliphatic carbocycles. The van der Waals surface area contributed by atoms with E-state index in [4.69, 9.17) is 5.73 Å². The van der Waals surface area contributed by atoms with E-state index in [0.717, 1.165) is 17.1 Å². The summed E-state index contributed by atoms with van der Waals surface area (Å²) in [7, 11) is 0. The van der Waals surface area contributed by atoms with Crippen LogP contribution in [0.4, 0.5) is 0 Å². The normalized spacial score (nSPS) is 12.9. The predicted molar refractivity (Wildman–Crippen MR) is 65.4 cm³/mol. The minimum absolute atomic E-state index is 0.214. The molecule has 0 aromatic carbocycles. The number of thiazole rings is 1. The fourth-order valence-electron chi connectivity index (χ4n) is 1.64. The second kappa shape index (κ2) is 4.76. The van der Waals surface area contributed by atoms with E-state index in [1.807, 2.05) is 18.7 Å². The molecule has 0 aliphatic rings. The van der Waals surface area contributed by atoms with Crippen molar-refractivity contribution >= 4 is 11.3 Å². The van der Waals surface area contributed by atoms with Gasteiger partial charge in [0.2, 0.25) is 0 Å². The molecule has 1 atom stereocenters. The third kappa shape index (κ3) is 2.01. The van der Waals surface area contributed by atoms with Gasteiger partial charge in [-0.1, -0.05) is 6.92 Å². The minimum atomic E-state index is 0.214. The molecule has 0 saturated heterocycles. The van der Waals surface area contributed by atoms with E-state index in [1.165, 1.54) is 4.88 Å². The average molecular weight is 236 g/mol. The molecule has 0 spiro atoms. The summed E-state index contributed by atoms with van der Waals surface area (Å²) in [6.07, 6.45) is 6.62. The van der Waals surface area contributed by atoms with Crippen molar-refractivity contribution in [1.29, 1.82) is 0 Å². The smallest absolute Gasteiger partial charge is 0.115 e. The molecule has 16 heavy (non-hydrogen) atoms. The Hall–Kier alpha value is -1.20. The van der Waals surface area contributed by atoms with Gasteiger partial charge in [0.1, 0.15) is 5.01 Å². The molecule has 4 nitrogen and oxygen atoms in total. The fourth-order valence-corrected chi connectivity index (χ4v) is 2.54. The molecule has 0 aliphatic heterocycles. The van der Waals surface area contributed by atoms with E-state index in [-0.39, 0.29) is 6.04 Å². The van der Waals surface area contributed by atoms with Gasteiger partial charge < -0.3 is 10.3 Å². The minimum Gasteiger partial charge on any atom is -0.325 e. The summed E-state index contributed by atoms with van der Waals surface area (Å²) in [5, 5.41) is 1.12. The van der Waals surface area contributed by atoms with Crippen molar-refractivity contribution in [1.82, 2.24) is 14.5 Å². The topological polar surface area (TPSA) is 56.7 Å². The lowest BCUT2D eigenvalue weighted by molar-refractivity contribution is 0.605. The Morgan fingerprint density at radius 2 is 2.31 bits per heavy atom. The molecule has 1 unspecified atom stereocenters. The number of rotatable bonds is 4. The maximum Gasteiger partial charge on any atom is 0.115 e. The highest BCUT2D eigenvalue weighted by molar-refractivity contribution is 7.11. The van der Waals surface area contributed by atoms with Crippen LogP contribution in [-0.4, -0.2) is 14.5 Å². The van der Waals surface area contributed by atoms with Crippen molar-refractivity contribution in [2.45, 2.75) is 32.9 Å². The highest BCUT2D eigenvalue weighted by Gasteiger charge is 2.14. The SMILES string of the molecule is CCc1cnc(C(C)n2cncc2CN)s1. The van der Waals surface area contributed by atoms with Gasteiger partial charge in [-0.05, 0) is 13.3 Å². The summed E-state index contributed by atoms with van der Waals surface area (Å²) in [6, 6.07) is 0.214. The van der Waals surface area contributed by atoms with Gasteiger partial charge in [0.25, 0.3) is 0 Å². The lowest BCUT2D eigenvalue weighted by Gasteiger charge is -2.13. The van der Waals surface area contributed by atoms with E-state index in [0.29, 0.717) is 6.54 Å². The van der Waals surface area contributed by atoms with E-state index in [2.05, 4.69) is 28.4 Å². The lowest BCUT2D eigenvalue weighted by Crippen LogP contribution is -2.11. The van der Waals surface area contributed by atoms with Crippen molar-refractivity contribution in [2.24, 2.45) is 5.73 Å². The highest BCUT2D eigenvalue weighted by Crippen LogP contribution is 2.24. The molecule has 2 rings (SSSR count). The van der Waals surface area contributed by atoms with E-state index >= 15 is 0 Å². The number of imidazole rings is 1. The summed E-state index contributed by atoms with van der Waals surface area (Å²) in [4.78, 5) is 9.89. The zero-order valence-electron chi connectivity index (χ0n) is 9.55. The standard InChI is InChI=1S/C11H16N4S/c1-3-10-6-14-11(16-10)8(2)15-7-13-5-9(15)4-12/h5-8H,3-4,12H2,1-2H3. The number of aryl methyl sites for hydroxylation is 1. The van der Waals surface area contributed by atoms with Crippen molar-refractivity contribution in [3.8, 4) is 0 Å². The number of nitrogens with two attached hydrogens (primary N) is 1. The van der Waals surface area contributed by atoms with Gasteiger partial charge in [-0.15, -0.1) is 11.3 Å². The van der Waals surface area contributed by atoms with Gasteiger partial charge >= 0.3 is 0 Å². The van der Waals surface area contributed by atoms with Gasteiger partial charge in [-0.2, -0.15) is 0 Å². The Labute approximate surface area is 99.2 Å². The van der Waals surface area contributed by atoms with Gasteiger partial charge in [0, 0.05) is 23.8 Å². The zero-order chi connectivity index (χ0) is 11.5. The Bertz CT molecular complexity index is 460. The molecule has 2 heterocycles. The first-order valence-corrected chi connectivity index (χ1v) is 6.23. The molecule has 2 aromatic heterocycles. The largest absolute Gasteiger partial charge is 0.325 e. The lowest BCUT2D eigenvalue weighted by atomic mass is 10.3. The van der Waals surface area contributed by atoms with Crippen LogP contribution >= 0.6 is 11.3 Å². The molecule has 2 aromatic rings. The number of hydrogen-bond donors (Lipinski definition) is 1. The van der Waals surface area contributed by atoms with Gasteiger partial charge in [-0.25, -0.2) is 9.97 Å². The Balaban J connectivity index is 2.27. The summed E-state index contributed by atoms with van der Waals surface area (Å²) in [5.41, 5.74) is 6.71. The molecular weight excluding hydrogens is 220 g/mol. The molecule has 0 fully saturated rings. The maximum absolute atomic E-state index is 5.66. The summed E-state index contributed by atoms with van der Waals surface area (Å²) < 4.78 is 2.08. The second-order valence-electron chi connectivity index (χ2n) is 3.69. The van der Waals surface area contributed by atoms with Crippen LogP contribution in [0.1, 0.15) is 35.5 Å². The third-order valence-electron chi connectivity index (χ3n) is 2.65. The maximum atomic E-state index is 5.66. The number of nitrogens with zero attached hydrogens (tertiary/aromatic N) is 3. The van der Waals surface area contributed by atoms with Gasteiger partial charge in [0.05, 0.1) is 18.1 Å². The van der Waals surface area contributed by atoms with E-state index in [9.17, 15) is 0 Å². The van der Waals surface area contributed by atoms with Crippen LogP contribution in [0.5, 0.6) is 0 Å². The summed E-state index contributed by atoms with van der Waals surface area (Å²) in [6.45, 7) is 4.78. The van der Waals surface area contributed by atoms with Crippen molar-refractivity contribution in [3.63, 3.8) is 0 Å². The van der Waals surface area contributed by atoms with Crippen molar-refractivity contribution in [2.75, 3.05) is 0 Å². The van der Waals surface area contributed by atoms with Crippen LogP contribution < -0.4 is 5.73 Å². The molecule has 0 amide bonds. The van der Waals surface area contributed by atoms with E-state index < -0.39 is 0 Å². The highest BCUT2D eigenvalue weighted by atomic mass is 32.1. The molecule has 0 bridgehead atoms. The first-order chi connectivity index (χ1) is 7.76. The predicted octanol–water partition coefficient (Wildman–Crippen LogP) is 1.97. The van der Waals surface area contributed by atoms with E-state index in [1.54, 1.807) is 11.3 Å². The van der Waals surface area contributed by atoms with Gasteiger partial charge in [0.15, 0.2) is 0 Å². The molecule has 5 heteroatoms. The first-order valence-electron chi connectivity index (χ1n) is 5.41. The van der Waals surface area contributed by atoms with Crippen LogP contribution in [0.2, 0.25) is 0 Å². The third-order valence-corrected chi connectivity index (χ3v) is 3.96. The van der Waals surface area contributed by atoms with Gasteiger partial charge in [-0.3, -0.25) is 0 Å². The number of aromatic nitrogens is 3. The number of hydrogen-bond acceptors (Lipinski definition) is 4. The monoisotopic (exact) mass is 236 g/mol. The molecular formula is C11H16N4S. The zero-order valence-corrected chi connectivity index (χ0v) is 10.4. The Morgan fingerprint density at radius 1 is 1.50 bits per heavy atom. The summed E-state index contributed by atoms with van der Waals surface area (Å²) >= 11 is 1.76. The average Bonchev–Trinajstić information content (AvgIpc) is 2.96. The van der Waals surface area contributed by atoms with Crippen LogP contribution in [0.15, 0.2) is 18.7 Å². The first kappa shape index (κ1) is 11.3. The molecule has 0 radical (unpaired) electrons. The van der Waals surface area contributed by atoms with Crippen LogP contribution in [-0.2, 0) is 13.0 Å². The Morgan fingerprint density at radius 3 is 2.94 bits per heavy atom. The molecule has 86 valence electrons. The van der Waals surface area contributed by atoms with Crippen molar-refractivity contribution in [3.05, 3.63) is 34.3 Å². The fraction of sp³-hybridized carbons (Fsp3) is 0.455. The quantitative estimate of drug-likeness (QED) is 0.883. The van der Waals surface area contributed by atoms with Crippen LogP contribution in [0, 0.1) is 0 Å². The second-order valence-corrected chi connectivity index (χ2v) is 4.84.